The molecule has 3 aromatic rings. The summed E-state index contributed by atoms with van der Waals surface area (Å²) in [6.45, 7) is 2.66. The highest BCUT2D eigenvalue weighted by atomic mass is 19.1. The van der Waals surface area contributed by atoms with Gasteiger partial charge in [0, 0.05) is 6.54 Å². The third kappa shape index (κ3) is 3.69. The van der Waals surface area contributed by atoms with E-state index in [0.29, 0.717) is 30.2 Å². The number of fused-ring (bicyclic) bond motifs is 1. The number of β-lactam (4-membered cyclic amide) rings is 1. The SMILES string of the molecule is Cc1ccccc1O[C@H]1C(=O)N(CCc2ccc(F)cc2)[C@H]1c1ccc2c(c1)OCO2. The van der Waals surface area contributed by atoms with E-state index in [0.717, 1.165) is 16.7 Å². The highest BCUT2D eigenvalue weighted by molar-refractivity contribution is 5.89. The van der Waals surface area contributed by atoms with Crippen molar-refractivity contribution in [1.29, 1.82) is 0 Å². The molecule has 2 atom stereocenters. The molecule has 2 aliphatic rings. The summed E-state index contributed by atoms with van der Waals surface area (Å²) < 4.78 is 30.3. The van der Waals surface area contributed by atoms with Crippen LogP contribution in [0.1, 0.15) is 22.7 Å². The molecule has 158 valence electrons. The van der Waals surface area contributed by atoms with Crippen molar-refractivity contribution < 1.29 is 23.4 Å². The Morgan fingerprint density at radius 3 is 2.61 bits per heavy atom. The zero-order valence-corrected chi connectivity index (χ0v) is 17.1. The third-order valence-corrected chi connectivity index (χ3v) is 5.79. The lowest BCUT2D eigenvalue weighted by atomic mass is 9.89. The second-order valence-electron chi connectivity index (χ2n) is 7.77. The van der Waals surface area contributed by atoms with Crippen LogP contribution >= 0.6 is 0 Å². The Labute approximate surface area is 180 Å². The van der Waals surface area contributed by atoms with Crippen LogP contribution in [0.4, 0.5) is 4.39 Å². The average Bonchev–Trinajstić information content (AvgIpc) is 3.25. The molecule has 31 heavy (non-hydrogen) atoms. The number of nitrogens with zero attached hydrogens (tertiary/aromatic N) is 1. The van der Waals surface area contributed by atoms with Crippen LogP contribution in [0.25, 0.3) is 0 Å². The van der Waals surface area contributed by atoms with Gasteiger partial charge in [-0.1, -0.05) is 36.4 Å². The number of amides is 1. The first-order valence-electron chi connectivity index (χ1n) is 10.3. The normalized spacial score (nSPS) is 19.3. The molecule has 1 amide bonds. The number of aryl methyl sites for hydroxylation is 1. The van der Waals surface area contributed by atoms with E-state index in [9.17, 15) is 9.18 Å². The van der Waals surface area contributed by atoms with E-state index in [1.807, 2.05) is 54.3 Å². The number of carbonyl (C=O) groups excluding carboxylic acids is 1. The first-order valence-corrected chi connectivity index (χ1v) is 10.3. The van der Waals surface area contributed by atoms with Gasteiger partial charge in [0.05, 0.1) is 0 Å². The van der Waals surface area contributed by atoms with E-state index in [4.69, 9.17) is 14.2 Å². The molecular weight excluding hydrogens is 397 g/mol. The van der Waals surface area contributed by atoms with Gasteiger partial charge in [0.2, 0.25) is 12.9 Å². The smallest absolute Gasteiger partial charge is 0.266 e. The van der Waals surface area contributed by atoms with E-state index in [2.05, 4.69) is 0 Å². The second kappa shape index (κ2) is 7.95. The number of benzene rings is 3. The highest BCUT2D eigenvalue weighted by Gasteiger charge is 2.50. The molecule has 2 heterocycles. The van der Waals surface area contributed by atoms with E-state index in [-0.39, 0.29) is 24.6 Å². The minimum atomic E-state index is -0.616. The minimum absolute atomic E-state index is 0.0620. The lowest BCUT2D eigenvalue weighted by Crippen LogP contribution is -2.61. The molecule has 0 N–H and O–H groups in total. The van der Waals surface area contributed by atoms with Crippen LogP contribution < -0.4 is 14.2 Å². The number of rotatable bonds is 6. The molecule has 0 bridgehead atoms. The quantitative estimate of drug-likeness (QED) is 0.555. The Morgan fingerprint density at radius 2 is 1.81 bits per heavy atom. The van der Waals surface area contributed by atoms with Crippen molar-refractivity contribution >= 4 is 5.91 Å². The van der Waals surface area contributed by atoms with E-state index >= 15 is 0 Å². The zero-order chi connectivity index (χ0) is 21.4. The molecule has 5 nitrogen and oxygen atoms in total. The molecule has 0 spiro atoms. The van der Waals surface area contributed by atoms with Gasteiger partial charge in [-0.05, 0) is 60.4 Å². The van der Waals surface area contributed by atoms with E-state index in [1.165, 1.54) is 12.1 Å². The maximum absolute atomic E-state index is 13.2. The van der Waals surface area contributed by atoms with Crippen LogP contribution in [0.3, 0.4) is 0 Å². The fraction of sp³-hybridized carbons (Fsp3) is 0.240. The van der Waals surface area contributed by atoms with Crippen LogP contribution in [0.2, 0.25) is 0 Å². The summed E-state index contributed by atoms with van der Waals surface area (Å²) in [4.78, 5) is 14.9. The van der Waals surface area contributed by atoms with Crippen molar-refractivity contribution in [3.63, 3.8) is 0 Å². The molecule has 1 saturated heterocycles. The Morgan fingerprint density at radius 1 is 1.03 bits per heavy atom. The lowest BCUT2D eigenvalue weighted by Gasteiger charge is -2.47. The first kappa shape index (κ1) is 19.4. The van der Waals surface area contributed by atoms with Gasteiger partial charge in [-0.3, -0.25) is 4.79 Å². The molecule has 3 aromatic carbocycles. The predicted octanol–water partition coefficient (Wildman–Crippen LogP) is 4.44. The molecular formula is C25H22FNO4. The summed E-state index contributed by atoms with van der Waals surface area (Å²) in [5.41, 5.74) is 2.88. The van der Waals surface area contributed by atoms with Gasteiger partial charge < -0.3 is 19.1 Å². The summed E-state index contributed by atoms with van der Waals surface area (Å²) in [5.74, 6) is 1.74. The maximum atomic E-state index is 13.2. The third-order valence-electron chi connectivity index (χ3n) is 5.79. The maximum Gasteiger partial charge on any atom is 0.266 e. The minimum Gasteiger partial charge on any atom is -0.478 e. The molecule has 2 aliphatic heterocycles. The molecule has 0 saturated carbocycles. The second-order valence-corrected chi connectivity index (χ2v) is 7.77. The molecule has 0 aliphatic carbocycles. The summed E-state index contributed by atoms with van der Waals surface area (Å²) in [5, 5.41) is 0. The summed E-state index contributed by atoms with van der Waals surface area (Å²) in [6.07, 6.45) is 0.0131. The van der Waals surface area contributed by atoms with Crippen LogP contribution in [0, 0.1) is 12.7 Å². The predicted molar refractivity (Wildman–Crippen MR) is 113 cm³/mol. The van der Waals surface area contributed by atoms with Gasteiger partial charge in [-0.2, -0.15) is 0 Å². The summed E-state index contributed by atoms with van der Waals surface area (Å²) >= 11 is 0. The average molecular weight is 419 g/mol. The number of halogens is 1. The van der Waals surface area contributed by atoms with Crippen molar-refractivity contribution in [2.75, 3.05) is 13.3 Å². The Kier molecular flexibility index (Phi) is 4.98. The number of para-hydroxylation sites is 1. The van der Waals surface area contributed by atoms with Gasteiger partial charge >= 0.3 is 0 Å². The molecule has 1 fully saturated rings. The fourth-order valence-corrected chi connectivity index (χ4v) is 4.06. The van der Waals surface area contributed by atoms with Crippen LogP contribution in [0.15, 0.2) is 66.7 Å². The topological polar surface area (TPSA) is 48.0 Å². The van der Waals surface area contributed by atoms with Crippen LogP contribution in [0.5, 0.6) is 17.2 Å². The molecule has 0 unspecified atom stereocenters. The Balaban J connectivity index is 1.40. The molecule has 5 rings (SSSR count). The van der Waals surface area contributed by atoms with Gasteiger partial charge in [0.15, 0.2) is 11.5 Å². The lowest BCUT2D eigenvalue weighted by molar-refractivity contribution is -0.164. The van der Waals surface area contributed by atoms with Crippen molar-refractivity contribution in [2.45, 2.75) is 25.5 Å². The van der Waals surface area contributed by atoms with Crippen LogP contribution in [-0.2, 0) is 11.2 Å². The molecule has 0 aromatic heterocycles. The van der Waals surface area contributed by atoms with Crippen LogP contribution in [-0.4, -0.2) is 30.2 Å². The van der Waals surface area contributed by atoms with Gasteiger partial charge in [-0.15, -0.1) is 0 Å². The molecule has 6 heteroatoms. The summed E-state index contributed by atoms with van der Waals surface area (Å²) in [7, 11) is 0. The van der Waals surface area contributed by atoms with Crippen molar-refractivity contribution in [1.82, 2.24) is 4.90 Å². The fourth-order valence-electron chi connectivity index (χ4n) is 4.06. The Bertz CT molecular complexity index is 1110. The largest absolute Gasteiger partial charge is 0.478 e. The van der Waals surface area contributed by atoms with E-state index < -0.39 is 6.10 Å². The van der Waals surface area contributed by atoms with Gasteiger partial charge in [-0.25, -0.2) is 4.39 Å². The number of likely N-dealkylation sites (tertiary alicyclic amines) is 1. The number of hydrogen-bond acceptors (Lipinski definition) is 4. The van der Waals surface area contributed by atoms with Crippen molar-refractivity contribution in [2.24, 2.45) is 0 Å². The highest BCUT2D eigenvalue weighted by Crippen LogP contribution is 2.42. The standard InChI is InChI=1S/C25H22FNO4/c1-16-4-2-3-5-20(16)31-24-23(18-8-11-21-22(14-18)30-15-29-21)27(25(24)28)13-12-17-6-9-19(26)10-7-17/h2-11,14,23-24H,12-13,15H2,1H3/t23-,24+/m0/s1. The summed E-state index contributed by atoms with van der Waals surface area (Å²) in [6, 6.07) is 19.5. The zero-order valence-electron chi connectivity index (χ0n) is 17.1. The van der Waals surface area contributed by atoms with Gasteiger partial charge in [0.25, 0.3) is 5.91 Å². The monoisotopic (exact) mass is 419 g/mol. The Hall–Kier alpha value is -3.54. The molecule has 0 radical (unpaired) electrons. The number of ether oxygens (including phenoxy) is 3. The number of carbonyl (C=O) groups is 1. The number of hydrogen-bond donors (Lipinski definition) is 0. The van der Waals surface area contributed by atoms with Crippen molar-refractivity contribution in [3.8, 4) is 17.2 Å². The van der Waals surface area contributed by atoms with E-state index in [1.54, 1.807) is 12.1 Å². The van der Waals surface area contributed by atoms with Crippen molar-refractivity contribution in [3.05, 3.63) is 89.2 Å². The first-order chi connectivity index (χ1) is 15.1. The van der Waals surface area contributed by atoms with Gasteiger partial charge in [0.1, 0.15) is 17.6 Å².